The van der Waals surface area contributed by atoms with Gasteiger partial charge in [0.1, 0.15) is 0 Å². The van der Waals surface area contributed by atoms with Crippen molar-refractivity contribution in [3.63, 3.8) is 0 Å². The zero-order valence-electron chi connectivity index (χ0n) is 9.24. The number of benzene rings is 1. The quantitative estimate of drug-likeness (QED) is 0.874. The van der Waals surface area contributed by atoms with Crippen LogP contribution in [0.25, 0.3) is 0 Å². The lowest BCUT2D eigenvalue weighted by Gasteiger charge is -2.19. The maximum absolute atomic E-state index is 5.97. The Morgan fingerprint density at radius 1 is 1.50 bits per heavy atom. The van der Waals surface area contributed by atoms with E-state index in [-0.39, 0.29) is 6.04 Å². The molecule has 0 bridgehead atoms. The van der Waals surface area contributed by atoms with E-state index in [0.717, 1.165) is 22.5 Å². The van der Waals surface area contributed by atoms with Crippen molar-refractivity contribution in [3.8, 4) is 0 Å². The third-order valence-corrected chi connectivity index (χ3v) is 3.73. The SMILES string of the molecule is CC(NC1=NCCCS1)c1cccc(Cl)c1. The summed E-state index contributed by atoms with van der Waals surface area (Å²) in [6.45, 7) is 3.07. The van der Waals surface area contributed by atoms with Gasteiger partial charge < -0.3 is 5.32 Å². The largest absolute Gasteiger partial charge is 0.358 e. The molecule has 0 radical (unpaired) electrons. The molecule has 0 aromatic heterocycles. The number of hydrogen-bond donors (Lipinski definition) is 1. The summed E-state index contributed by atoms with van der Waals surface area (Å²) in [5.74, 6) is 1.16. The minimum absolute atomic E-state index is 0.253. The Labute approximate surface area is 105 Å². The van der Waals surface area contributed by atoms with Crippen LogP contribution in [0.15, 0.2) is 29.3 Å². The normalized spacial score (nSPS) is 17.8. The lowest BCUT2D eigenvalue weighted by atomic mass is 10.1. The van der Waals surface area contributed by atoms with Gasteiger partial charge in [-0.3, -0.25) is 4.99 Å². The van der Waals surface area contributed by atoms with Gasteiger partial charge in [0.15, 0.2) is 5.17 Å². The molecule has 0 fully saturated rings. The van der Waals surface area contributed by atoms with Crippen molar-refractivity contribution in [2.75, 3.05) is 12.3 Å². The van der Waals surface area contributed by atoms with Crippen LogP contribution in [0.5, 0.6) is 0 Å². The molecule has 1 unspecified atom stereocenters. The Morgan fingerprint density at radius 2 is 2.38 bits per heavy atom. The van der Waals surface area contributed by atoms with E-state index in [1.165, 1.54) is 12.0 Å². The van der Waals surface area contributed by atoms with Crippen LogP contribution in [0.3, 0.4) is 0 Å². The van der Waals surface area contributed by atoms with Crippen molar-refractivity contribution in [1.29, 1.82) is 0 Å². The van der Waals surface area contributed by atoms with E-state index < -0.39 is 0 Å². The van der Waals surface area contributed by atoms with E-state index in [4.69, 9.17) is 11.6 Å². The van der Waals surface area contributed by atoms with Gasteiger partial charge in [-0.25, -0.2) is 0 Å². The average Bonchev–Trinajstić information content (AvgIpc) is 2.30. The highest BCUT2D eigenvalue weighted by molar-refractivity contribution is 8.13. The zero-order valence-corrected chi connectivity index (χ0v) is 10.8. The molecule has 2 nitrogen and oxygen atoms in total. The number of aliphatic imine (C=N–C) groups is 1. The fraction of sp³-hybridized carbons (Fsp3) is 0.417. The number of thioether (sulfide) groups is 1. The molecule has 86 valence electrons. The maximum Gasteiger partial charge on any atom is 0.157 e. The van der Waals surface area contributed by atoms with Crippen LogP contribution in [0.2, 0.25) is 5.02 Å². The van der Waals surface area contributed by atoms with Crippen LogP contribution in [-0.4, -0.2) is 17.5 Å². The van der Waals surface area contributed by atoms with Gasteiger partial charge in [-0.05, 0) is 31.0 Å². The maximum atomic E-state index is 5.97. The van der Waals surface area contributed by atoms with Crippen LogP contribution in [0, 0.1) is 0 Å². The Hall–Kier alpha value is -0.670. The number of hydrogen-bond acceptors (Lipinski definition) is 3. The highest BCUT2D eigenvalue weighted by atomic mass is 35.5. The van der Waals surface area contributed by atoms with Crippen molar-refractivity contribution < 1.29 is 0 Å². The van der Waals surface area contributed by atoms with Crippen LogP contribution in [0.1, 0.15) is 24.9 Å². The molecule has 2 rings (SSSR count). The minimum Gasteiger partial charge on any atom is -0.358 e. The van der Waals surface area contributed by atoms with Gasteiger partial charge in [-0.1, -0.05) is 35.5 Å². The Bertz CT molecular complexity index is 392. The molecule has 0 saturated carbocycles. The van der Waals surface area contributed by atoms with Gasteiger partial charge in [0.05, 0.1) is 6.04 Å². The standard InChI is InChI=1S/C12H15ClN2S/c1-9(10-4-2-5-11(13)8-10)15-12-14-6-3-7-16-12/h2,4-5,8-9H,3,6-7H2,1H3,(H,14,15). The smallest absolute Gasteiger partial charge is 0.157 e. The van der Waals surface area contributed by atoms with E-state index in [1.54, 1.807) is 11.8 Å². The lowest BCUT2D eigenvalue weighted by Crippen LogP contribution is -2.26. The van der Waals surface area contributed by atoms with E-state index in [1.807, 2.05) is 18.2 Å². The molecular weight excluding hydrogens is 240 g/mol. The zero-order chi connectivity index (χ0) is 11.4. The second kappa shape index (κ2) is 5.60. The van der Waals surface area contributed by atoms with Gasteiger partial charge in [0, 0.05) is 17.3 Å². The fourth-order valence-electron chi connectivity index (χ4n) is 1.59. The summed E-state index contributed by atoms with van der Waals surface area (Å²) < 4.78 is 0. The molecule has 16 heavy (non-hydrogen) atoms. The van der Waals surface area contributed by atoms with Crippen LogP contribution >= 0.6 is 23.4 Å². The van der Waals surface area contributed by atoms with Crippen LogP contribution in [-0.2, 0) is 0 Å². The first-order valence-corrected chi connectivity index (χ1v) is 6.81. The predicted octanol–water partition coefficient (Wildman–Crippen LogP) is 3.48. The van der Waals surface area contributed by atoms with Crippen molar-refractivity contribution in [3.05, 3.63) is 34.9 Å². The lowest BCUT2D eigenvalue weighted by molar-refractivity contribution is 0.718. The van der Waals surface area contributed by atoms with Gasteiger partial charge in [-0.15, -0.1) is 0 Å². The molecule has 0 saturated heterocycles. The number of halogens is 1. The summed E-state index contributed by atoms with van der Waals surface area (Å²) >= 11 is 7.76. The summed E-state index contributed by atoms with van der Waals surface area (Å²) in [4.78, 5) is 4.45. The molecule has 1 aromatic rings. The van der Waals surface area contributed by atoms with E-state index >= 15 is 0 Å². The van der Waals surface area contributed by atoms with E-state index in [0.29, 0.717) is 0 Å². The molecule has 4 heteroatoms. The molecule has 1 atom stereocenters. The third kappa shape index (κ3) is 3.16. The molecule has 1 aliphatic rings. The molecule has 0 aliphatic carbocycles. The number of amidine groups is 1. The van der Waals surface area contributed by atoms with E-state index in [9.17, 15) is 0 Å². The molecule has 1 heterocycles. The Balaban J connectivity index is 2.02. The summed E-state index contributed by atoms with van der Waals surface area (Å²) in [6, 6.07) is 8.20. The Morgan fingerprint density at radius 3 is 3.06 bits per heavy atom. The second-order valence-electron chi connectivity index (χ2n) is 3.81. The first-order valence-electron chi connectivity index (χ1n) is 5.45. The number of nitrogens with one attached hydrogen (secondary N) is 1. The van der Waals surface area contributed by atoms with Crippen molar-refractivity contribution in [1.82, 2.24) is 5.32 Å². The summed E-state index contributed by atoms with van der Waals surface area (Å²) in [6.07, 6.45) is 1.18. The summed E-state index contributed by atoms with van der Waals surface area (Å²) in [7, 11) is 0. The molecule has 0 spiro atoms. The van der Waals surface area contributed by atoms with Gasteiger partial charge >= 0.3 is 0 Å². The topological polar surface area (TPSA) is 24.4 Å². The molecular formula is C12H15ClN2S. The summed E-state index contributed by atoms with van der Waals surface area (Å²) in [5.41, 5.74) is 1.20. The van der Waals surface area contributed by atoms with Crippen LogP contribution < -0.4 is 5.32 Å². The minimum atomic E-state index is 0.253. The van der Waals surface area contributed by atoms with Gasteiger partial charge in [0.2, 0.25) is 0 Å². The first-order chi connectivity index (χ1) is 7.75. The Kier molecular flexibility index (Phi) is 4.13. The molecule has 1 aromatic carbocycles. The average molecular weight is 255 g/mol. The molecule has 1 aliphatic heterocycles. The van der Waals surface area contributed by atoms with Crippen molar-refractivity contribution >= 4 is 28.5 Å². The highest BCUT2D eigenvalue weighted by Gasteiger charge is 2.10. The summed E-state index contributed by atoms with van der Waals surface area (Å²) in [5, 5.41) is 5.25. The van der Waals surface area contributed by atoms with Gasteiger partial charge in [-0.2, -0.15) is 0 Å². The third-order valence-electron chi connectivity index (χ3n) is 2.49. The second-order valence-corrected chi connectivity index (χ2v) is 5.33. The molecule has 0 amide bonds. The monoisotopic (exact) mass is 254 g/mol. The number of rotatable bonds is 2. The van der Waals surface area contributed by atoms with Crippen molar-refractivity contribution in [2.24, 2.45) is 4.99 Å². The fourth-order valence-corrected chi connectivity index (χ4v) is 2.70. The van der Waals surface area contributed by atoms with Crippen molar-refractivity contribution in [2.45, 2.75) is 19.4 Å². The predicted molar refractivity (Wildman–Crippen MR) is 72.4 cm³/mol. The number of nitrogens with zero attached hydrogens (tertiary/aromatic N) is 1. The van der Waals surface area contributed by atoms with E-state index in [2.05, 4.69) is 23.3 Å². The first kappa shape index (κ1) is 11.8. The molecule has 1 N–H and O–H groups in total. The highest BCUT2D eigenvalue weighted by Crippen LogP contribution is 2.19. The van der Waals surface area contributed by atoms with Gasteiger partial charge in [0.25, 0.3) is 0 Å². The van der Waals surface area contributed by atoms with Crippen LogP contribution in [0.4, 0.5) is 0 Å².